The molecule has 0 saturated carbocycles. The molecule has 2 aromatic rings. The van der Waals surface area contributed by atoms with Crippen LogP contribution in [0.1, 0.15) is 36.7 Å². The van der Waals surface area contributed by atoms with E-state index in [1.54, 1.807) is 4.90 Å². The summed E-state index contributed by atoms with van der Waals surface area (Å²) in [6.45, 7) is 1.76. The van der Waals surface area contributed by atoms with E-state index in [0.717, 1.165) is 5.56 Å². The van der Waals surface area contributed by atoms with Gasteiger partial charge in [-0.1, -0.05) is 35.0 Å². The van der Waals surface area contributed by atoms with Crippen molar-refractivity contribution in [1.82, 2.24) is 15.0 Å². The highest BCUT2D eigenvalue weighted by Crippen LogP contribution is 2.31. The number of hydrogen-bond donors (Lipinski definition) is 1. The van der Waals surface area contributed by atoms with Crippen LogP contribution in [0.25, 0.3) is 0 Å². The molecule has 3 rings (SSSR count). The van der Waals surface area contributed by atoms with Gasteiger partial charge in [-0.2, -0.15) is 4.98 Å². The molecule has 1 N–H and O–H groups in total. The van der Waals surface area contributed by atoms with Crippen molar-refractivity contribution < 1.29 is 14.4 Å². The van der Waals surface area contributed by atoms with Gasteiger partial charge in [-0.15, -0.1) is 0 Å². The number of halogens is 1. The van der Waals surface area contributed by atoms with Gasteiger partial charge in [-0.05, 0) is 11.6 Å². The lowest BCUT2D eigenvalue weighted by molar-refractivity contribution is -0.130. The van der Waals surface area contributed by atoms with Gasteiger partial charge in [0.1, 0.15) is 6.04 Å². The molecule has 1 amide bonds. The summed E-state index contributed by atoms with van der Waals surface area (Å²) in [5.41, 5.74) is 0.909. The minimum Gasteiger partial charge on any atom is -0.391 e. The van der Waals surface area contributed by atoms with Crippen LogP contribution in [0, 0.1) is 0 Å². The summed E-state index contributed by atoms with van der Waals surface area (Å²) < 4.78 is 5.28. The van der Waals surface area contributed by atoms with Gasteiger partial charge in [-0.25, -0.2) is 0 Å². The van der Waals surface area contributed by atoms with Crippen LogP contribution in [-0.4, -0.2) is 38.7 Å². The van der Waals surface area contributed by atoms with E-state index < -0.39 is 6.10 Å². The second-order valence-electron chi connectivity index (χ2n) is 5.39. The van der Waals surface area contributed by atoms with Crippen molar-refractivity contribution in [3.8, 4) is 0 Å². The molecule has 1 aromatic heterocycles. The molecule has 2 heterocycles. The van der Waals surface area contributed by atoms with Gasteiger partial charge in [0.25, 0.3) is 0 Å². The fourth-order valence-electron chi connectivity index (χ4n) is 2.68. The summed E-state index contributed by atoms with van der Waals surface area (Å²) in [6, 6.07) is 7.10. The molecule has 7 heteroatoms. The predicted octanol–water partition coefficient (Wildman–Crippen LogP) is 1.97. The molecule has 0 unspecified atom stereocenters. The minimum atomic E-state index is -0.562. The zero-order chi connectivity index (χ0) is 15.7. The Bertz CT molecular complexity index is 688. The number of β-amino-alcohol motifs (C(OH)–C–C–N with tert-alkyl or cyclic N) is 1. The van der Waals surface area contributed by atoms with E-state index >= 15 is 0 Å². The fourth-order valence-corrected chi connectivity index (χ4v) is 2.89. The fraction of sp³-hybridized carbons (Fsp3) is 0.400. The topological polar surface area (TPSA) is 79.5 Å². The maximum absolute atomic E-state index is 11.6. The highest BCUT2D eigenvalue weighted by atomic mass is 35.5. The first-order valence-electron chi connectivity index (χ1n) is 7.05. The Balaban J connectivity index is 1.79. The predicted molar refractivity (Wildman–Crippen MR) is 79.3 cm³/mol. The maximum atomic E-state index is 11.6. The number of aromatic nitrogens is 2. The van der Waals surface area contributed by atoms with Gasteiger partial charge in [0.2, 0.25) is 11.8 Å². The molecule has 0 bridgehead atoms. The summed E-state index contributed by atoms with van der Waals surface area (Å²) in [5.74, 6) is 0.745. The second kappa shape index (κ2) is 6.06. The van der Waals surface area contributed by atoms with Crippen molar-refractivity contribution in [3.63, 3.8) is 0 Å². The molecule has 1 saturated heterocycles. The quantitative estimate of drug-likeness (QED) is 0.935. The van der Waals surface area contributed by atoms with Gasteiger partial charge in [0, 0.05) is 31.3 Å². The third-order valence-corrected chi connectivity index (χ3v) is 4.13. The summed E-state index contributed by atoms with van der Waals surface area (Å²) in [5, 5.41) is 14.4. The Hall–Kier alpha value is -1.92. The van der Waals surface area contributed by atoms with Crippen LogP contribution in [0.4, 0.5) is 0 Å². The van der Waals surface area contributed by atoms with E-state index in [9.17, 15) is 9.90 Å². The zero-order valence-electron chi connectivity index (χ0n) is 12.1. The maximum Gasteiger partial charge on any atom is 0.249 e. The Morgan fingerprint density at radius 3 is 3.00 bits per heavy atom. The van der Waals surface area contributed by atoms with Crippen molar-refractivity contribution in [2.24, 2.45) is 0 Å². The monoisotopic (exact) mass is 321 g/mol. The van der Waals surface area contributed by atoms with Crippen molar-refractivity contribution >= 4 is 17.5 Å². The lowest BCUT2D eigenvalue weighted by Crippen LogP contribution is -2.29. The average Bonchev–Trinajstić information content (AvgIpc) is 3.08. The normalized spacial score (nSPS) is 21.3. The van der Waals surface area contributed by atoms with E-state index in [1.807, 2.05) is 24.3 Å². The first-order chi connectivity index (χ1) is 10.5. The number of carbonyl (C=O) groups is 1. The van der Waals surface area contributed by atoms with Crippen molar-refractivity contribution in [1.29, 1.82) is 0 Å². The van der Waals surface area contributed by atoms with Crippen LogP contribution in [-0.2, 0) is 11.2 Å². The lowest BCUT2D eigenvalue weighted by Gasteiger charge is -2.19. The van der Waals surface area contributed by atoms with Gasteiger partial charge in [-0.3, -0.25) is 4.79 Å². The van der Waals surface area contributed by atoms with Crippen molar-refractivity contribution in [2.75, 3.05) is 6.54 Å². The highest BCUT2D eigenvalue weighted by Gasteiger charge is 2.37. The second-order valence-corrected chi connectivity index (χ2v) is 5.80. The van der Waals surface area contributed by atoms with Crippen LogP contribution in [0.3, 0.4) is 0 Å². The number of carbonyl (C=O) groups excluding carboxylic acids is 1. The Kier molecular flexibility index (Phi) is 4.13. The molecule has 1 aliphatic rings. The summed E-state index contributed by atoms with van der Waals surface area (Å²) in [6.07, 6.45) is 0.305. The summed E-state index contributed by atoms with van der Waals surface area (Å²) >= 11 is 6.12. The van der Waals surface area contributed by atoms with Crippen LogP contribution >= 0.6 is 11.6 Å². The molecule has 116 valence electrons. The Morgan fingerprint density at radius 2 is 2.27 bits per heavy atom. The molecule has 2 atom stereocenters. The Morgan fingerprint density at radius 1 is 1.50 bits per heavy atom. The number of amides is 1. The van der Waals surface area contributed by atoms with E-state index in [4.69, 9.17) is 16.1 Å². The summed E-state index contributed by atoms with van der Waals surface area (Å²) in [7, 11) is 0. The molecule has 1 fully saturated rings. The van der Waals surface area contributed by atoms with Crippen LogP contribution in [0.5, 0.6) is 0 Å². The van der Waals surface area contributed by atoms with E-state index in [0.29, 0.717) is 36.1 Å². The van der Waals surface area contributed by atoms with Crippen LogP contribution < -0.4 is 0 Å². The molecular weight excluding hydrogens is 306 g/mol. The molecule has 1 aliphatic heterocycles. The first kappa shape index (κ1) is 15.0. The molecular formula is C15H16ClN3O3. The highest BCUT2D eigenvalue weighted by molar-refractivity contribution is 6.31. The van der Waals surface area contributed by atoms with Gasteiger partial charge < -0.3 is 14.5 Å². The number of likely N-dealkylation sites (tertiary alicyclic amines) is 1. The van der Waals surface area contributed by atoms with Crippen molar-refractivity contribution in [3.05, 3.63) is 46.6 Å². The number of aliphatic hydroxyl groups is 1. The van der Waals surface area contributed by atoms with Crippen molar-refractivity contribution in [2.45, 2.75) is 31.9 Å². The Labute approximate surface area is 132 Å². The third-order valence-electron chi connectivity index (χ3n) is 3.76. The molecule has 6 nitrogen and oxygen atoms in total. The number of rotatable bonds is 3. The first-order valence-corrected chi connectivity index (χ1v) is 7.43. The van der Waals surface area contributed by atoms with Gasteiger partial charge >= 0.3 is 0 Å². The van der Waals surface area contributed by atoms with E-state index in [1.165, 1.54) is 6.92 Å². The average molecular weight is 322 g/mol. The number of benzene rings is 1. The molecule has 22 heavy (non-hydrogen) atoms. The SMILES string of the molecule is CC(=O)N1C[C@@H](O)C[C@@H]1c1nc(Cc2ccccc2Cl)no1. The number of aliphatic hydroxyl groups excluding tert-OH is 1. The lowest BCUT2D eigenvalue weighted by atomic mass is 10.1. The zero-order valence-corrected chi connectivity index (χ0v) is 12.8. The van der Waals surface area contributed by atoms with E-state index in [-0.39, 0.29) is 11.9 Å². The third kappa shape index (κ3) is 2.98. The number of nitrogens with zero attached hydrogens (tertiary/aromatic N) is 3. The molecule has 0 aliphatic carbocycles. The molecule has 0 radical (unpaired) electrons. The van der Waals surface area contributed by atoms with Gasteiger partial charge in [0.05, 0.1) is 6.10 Å². The molecule has 1 aromatic carbocycles. The van der Waals surface area contributed by atoms with Crippen LogP contribution in [0.15, 0.2) is 28.8 Å². The largest absolute Gasteiger partial charge is 0.391 e. The van der Waals surface area contributed by atoms with E-state index in [2.05, 4.69) is 10.1 Å². The van der Waals surface area contributed by atoms with Crippen LogP contribution in [0.2, 0.25) is 5.02 Å². The minimum absolute atomic E-state index is 0.118. The van der Waals surface area contributed by atoms with Gasteiger partial charge in [0.15, 0.2) is 5.82 Å². The summed E-state index contributed by atoms with van der Waals surface area (Å²) in [4.78, 5) is 17.5. The smallest absolute Gasteiger partial charge is 0.249 e. The number of hydrogen-bond acceptors (Lipinski definition) is 5. The molecule has 0 spiro atoms. The standard InChI is InChI=1S/C15H16ClN3O3/c1-9(20)19-8-11(21)7-13(19)15-17-14(18-22-15)6-10-4-2-3-5-12(10)16/h2-5,11,13,21H,6-8H2,1H3/t11-,13+/m0/s1.